The van der Waals surface area contributed by atoms with Crippen molar-refractivity contribution in [1.82, 2.24) is 10.4 Å². The first-order valence-electron chi connectivity index (χ1n) is 7.49. The van der Waals surface area contributed by atoms with Crippen LogP contribution in [0.25, 0.3) is 0 Å². The van der Waals surface area contributed by atoms with Crippen molar-refractivity contribution in [3.8, 4) is 0 Å². The third-order valence-electron chi connectivity index (χ3n) is 4.74. The Labute approximate surface area is 121 Å². The number of aliphatic carboxylic acids is 1. The van der Waals surface area contributed by atoms with Gasteiger partial charge in [-0.05, 0) is 39.5 Å². The Balaban J connectivity index is 2.69. The number of carboxylic acid groups (broad SMARTS) is 1. The van der Waals surface area contributed by atoms with Gasteiger partial charge in [0, 0.05) is 18.5 Å². The summed E-state index contributed by atoms with van der Waals surface area (Å²) >= 11 is 0. The summed E-state index contributed by atoms with van der Waals surface area (Å²) in [4.78, 5) is 23.6. The summed E-state index contributed by atoms with van der Waals surface area (Å²) in [5.41, 5.74) is 1.89. The van der Waals surface area contributed by atoms with Crippen molar-refractivity contribution >= 4 is 11.9 Å². The molecule has 1 aliphatic rings. The van der Waals surface area contributed by atoms with E-state index in [2.05, 4.69) is 19.3 Å². The number of rotatable bonds is 5. The number of carbonyl (C=O) groups excluding carboxylic acids is 1. The van der Waals surface area contributed by atoms with Crippen LogP contribution in [0.2, 0.25) is 0 Å². The minimum absolute atomic E-state index is 0.00986. The SMILES string of the molecule is CC1CCCC(C)N1NC(=O)CC(C)(C(=O)O)C(C)C. The molecular formula is C15H28N2O3. The Kier molecular flexibility index (Phi) is 5.57. The first-order valence-corrected chi connectivity index (χ1v) is 7.49. The van der Waals surface area contributed by atoms with Crippen molar-refractivity contribution in [2.24, 2.45) is 11.3 Å². The summed E-state index contributed by atoms with van der Waals surface area (Å²) in [7, 11) is 0. The molecule has 5 heteroatoms. The van der Waals surface area contributed by atoms with Gasteiger partial charge < -0.3 is 5.11 Å². The van der Waals surface area contributed by atoms with Crippen molar-refractivity contribution in [3.63, 3.8) is 0 Å². The van der Waals surface area contributed by atoms with E-state index in [9.17, 15) is 14.7 Å². The molecule has 0 aliphatic carbocycles. The first kappa shape index (κ1) is 17.0. The molecule has 2 N–H and O–H groups in total. The number of piperidine rings is 1. The molecule has 0 radical (unpaired) electrons. The number of carboxylic acids is 1. The highest BCUT2D eigenvalue weighted by Gasteiger charge is 2.39. The maximum absolute atomic E-state index is 12.2. The minimum atomic E-state index is -1.02. The summed E-state index contributed by atoms with van der Waals surface area (Å²) in [6, 6.07) is 0.607. The van der Waals surface area contributed by atoms with Crippen LogP contribution in [0.15, 0.2) is 0 Å². The lowest BCUT2D eigenvalue weighted by Crippen LogP contribution is -2.55. The number of nitrogens with zero attached hydrogens (tertiary/aromatic N) is 1. The maximum Gasteiger partial charge on any atom is 0.310 e. The van der Waals surface area contributed by atoms with Gasteiger partial charge in [0.2, 0.25) is 5.91 Å². The van der Waals surface area contributed by atoms with E-state index >= 15 is 0 Å². The summed E-state index contributed by atoms with van der Waals surface area (Å²) in [6.07, 6.45) is 3.31. The lowest BCUT2D eigenvalue weighted by atomic mass is 9.76. The van der Waals surface area contributed by atoms with Gasteiger partial charge in [-0.25, -0.2) is 5.01 Å². The van der Waals surface area contributed by atoms with Crippen LogP contribution in [-0.2, 0) is 9.59 Å². The normalized spacial score (nSPS) is 27.1. The van der Waals surface area contributed by atoms with Gasteiger partial charge in [0.15, 0.2) is 0 Å². The van der Waals surface area contributed by atoms with Crippen LogP contribution in [0.4, 0.5) is 0 Å². The second-order valence-corrected chi connectivity index (χ2v) is 6.63. The van der Waals surface area contributed by atoms with E-state index in [4.69, 9.17) is 0 Å². The topological polar surface area (TPSA) is 69.6 Å². The molecule has 3 unspecified atom stereocenters. The first-order chi connectivity index (χ1) is 9.18. The van der Waals surface area contributed by atoms with Gasteiger partial charge in [-0.1, -0.05) is 20.3 Å². The standard InChI is InChI=1S/C15H28N2O3/c1-10(2)15(5,14(19)20)9-13(18)16-17-11(3)7-6-8-12(17)4/h10-12H,6-9H2,1-5H3,(H,16,18)(H,19,20). The van der Waals surface area contributed by atoms with E-state index in [-0.39, 0.29) is 18.2 Å². The molecule has 1 fully saturated rings. The molecule has 0 spiro atoms. The molecule has 3 atom stereocenters. The Morgan fingerprint density at radius 3 is 2.20 bits per heavy atom. The van der Waals surface area contributed by atoms with E-state index in [0.717, 1.165) is 12.8 Å². The Bertz CT molecular complexity index is 360. The molecule has 1 saturated heterocycles. The fourth-order valence-electron chi connectivity index (χ4n) is 2.69. The third-order valence-corrected chi connectivity index (χ3v) is 4.74. The smallest absolute Gasteiger partial charge is 0.310 e. The molecule has 0 aromatic carbocycles. The molecule has 116 valence electrons. The van der Waals surface area contributed by atoms with Crippen molar-refractivity contribution in [2.45, 2.75) is 72.4 Å². The van der Waals surface area contributed by atoms with Crippen LogP contribution in [0.3, 0.4) is 0 Å². The van der Waals surface area contributed by atoms with Crippen molar-refractivity contribution in [3.05, 3.63) is 0 Å². The molecule has 5 nitrogen and oxygen atoms in total. The zero-order valence-electron chi connectivity index (χ0n) is 13.3. The third kappa shape index (κ3) is 3.72. The van der Waals surface area contributed by atoms with Gasteiger partial charge >= 0.3 is 5.97 Å². The van der Waals surface area contributed by atoms with Crippen LogP contribution in [0.1, 0.15) is 60.3 Å². The zero-order chi connectivity index (χ0) is 15.5. The van der Waals surface area contributed by atoms with Gasteiger partial charge in [0.05, 0.1) is 5.41 Å². The number of hydrogen-bond donors (Lipinski definition) is 2. The molecule has 0 saturated carbocycles. The van der Waals surface area contributed by atoms with Crippen LogP contribution >= 0.6 is 0 Å². The number of nitrogens with one attached hydrogen (secondary N) is 1. The second kappa shape index (κ2) is 6.57. The molecule has 1 aliphatic heterocycles. The maximum atomic E-state index is 12.2. The number of amides is 1. The molecule has 1 heterocycles. The lowest BCUT2D eigenvalue weighted by Gasteiger charge is -2.39. The van der Waals surface area contributed by atoms with Crippen LogP contribution < -0.4 is 5.43 Å². The molecule has 1 amide bonds. The predicted octanol–water partition coefficient (Wildman–Crippen LogP) is 2.42. The van der Waals surface area contributed by atoms with Crippen LogP contribution in [-0.4, -0.2) is 34.1 Å². The summed E-state index contributed by atoms with van der Waals surface area (Å²) in [5.74, 6) is -1.21. The highest BCUT2D eigenvalue weighted by Crippen LogP contribution is 2.31. The zero-order valence-corrected chi connectivity index (χ0v) is 13.3. The molecule has 20 heavy (non-hydrogen) atoms. The Hall–Kier alpha value is -1.10. The molecule has 1 rings (SSSR count). The second-order valence-electron chi connectivity index (χ2n) is 6.63. The molecule has 0 bridgehead atoms. The van der Waals surface area contributed by atoms with E-state index in [1.54, 1.807) is 6.92 Å². The highest BCUT2D eigenvalue weighted by molar-refractivity contribution is 5.84. The Morgan fingerprint density at radius 1 is 1.30 bits per heavy atom. The van der Waals surface area contributed by atoms with E-state index in [1.807, 2.05) is 18.9 Å². The van der Waals surface area contributed by atoms with Gasteiger partial charge in [-0.15, -0.1) is 0 Å². The van der Waals surface area contributed by atoms with E-state index in [1.165, 1.54) is 6.42 Å². The average molecular weight is 284 g/mol. The van der Waals surface area contributed by atoms with Crippen molar-refractivity contribution in [1.29, 1.82) is 0 Å². The minimum Gasteiger partial charge on any atom is -0.481 e. The summed E-state index contributed by atoms with van der Waals surface area (Å²) < 4.78 is 0. The largest absolute Gasteiger partial charge is 0.481 e. The average Bonchev–Trinajstić information content (AvgIpc) is 2.33. The van der Waals surface area contributed by atoms with Crippen LogP contribution in [0.5, 0.6) is 0 Å². The van der Waals surface area contributed by atoms with E-state index < -0.39 is 11.4 Å². The van der Waals surface area contributed by atoms with E-state index in [0.29, 0.717) is 12.1 Å². The number of hydrogen-bond acceptors (Lipinski definition) is 3. The van der Waals surface area contributed by atoms with Gasteiger partial charge in [0.25, 0.3) is 0 Å². The number of carbonyl (C=O) groups is 2. The molecular weight excluding hydrogens is 256 g/mol. The van der Waals surface area contributed by atoms with Gasteiger partial charge in [-0.2, -0.15) is 0 Å². The molecule has 0 aromatic heterocycles. The summed E-state index contributed by atoms with van der Waals surface area (Å²) in [6.45, 7) is 9.51. The van der Waals surface area contributed by atoms with Crippen molar-refractivity contribution < 1.29 is 14.7 Å². The Morgan fingerprint density at radius 2 is 1.80 bits per heavy atom. The van der Waals surface area contributed by atoms with Gasteiger partial charge in [0.1, 0.15) is 0 Å². The summed E-state index contributed by atoms with van der Waals surface area (Å²) in [5, 5.41) is 11.3. The highest BCUT2D eigenvalue weighted by atomic mass is 16.4. The van der Waals surface area contributed by atoms with Crippen molar-refractivity contribution in [2.75, 3.05) is 0 Å². The molecule has 0 aromatic rings. The van der Waals surface area contributed by atoms with Gasteiger partial charge in [-0.3, -0.25) is 15.0 Å². The number of hydrazine groups is 1. The van der Waals surface area contributed by atoms with Crippen LogP contribution in [0, 0.1) is 11.3 Å². The predicted molar refractivity (Wildman–Crippen MR) is 78.0 cm³/mol. The fraction of sp³-hybridized carbons (Fsp3) is 0.867. The fourth-order valence-corrected chi connectivity index (χ4v) is 2.69. The lowest BCUT2D eigenvalue weighted by molar-refractivity contribution is -0.154. The quantitative estimate of drug-likeness (QED) is 0.813. The monoisotopic (exact) mass is 284 g/mol.